The van der Waals surface area contributed by atoms with Crippen LogP contribution >= 0.6 is 11.6 Å². The Morgan fingerprint density at radius 3 is 2.31 bits per heavy atom. The van der Waals surface area contributed by atoms with Gasteiger partial charge in [-0.2, -0.15) is 0 Å². The monoisotopic (exact) mass is 514 g/mol. The Morgan fingerprint density at radius 2 is 1.69 bits per heavy atom. The van der Waals surface area contributed by atoms with Crippen LogP contribution in [0, 0.1) is 10.1 Å². The maximum absolute atomic E-state index is 13.5. The molecule has 9 nitrogen and oxygen atoms in total. The van der Waals surface area contributed by atoms with Crippen molar-refractivity contribution in [2.24, 2.45) is 0 Å². The second kappa shape index (κ2) is 11.8. The fourth-order valence-electron chi connectivity index (χ4n) is 4.01. The smallest absolute Gasteiger partial charge is 0.337 e. The van der Waals surface area contributed by atoms with E-state index in [1.807, 2.05) is 0 Å². The molecule has 2 aromatic carbocycles. The number of benzene rings is 2. The third kappa shape index (κ3) is 6.10. The van der Waals surface area contributed by atoms with Gasteiger partial charge in [0.05, 0.1) is 28.6 Å². The van der Waals surface area contributed by atoms with Gasteiger partial charge in [0.25, 0.3) is 5.69 Å². The molecule has 0 fully saturated rings. The number of non-ortho nitro benzene ring substituents is 1. The highest BCUT2D eigenvalue weighted by atomic mass is 35.5. The molecular weight excluding hydrogens is 488 g/mol. The van der Waals surface area contributed by atoms with Gasteiger partial charge in [-0.1, -0.05) is 35.9 Å². The summed E-state index contributed by atoms with van der Waals surface area (Å²) < 4.78 is 16.1. The van der Waals surface area contributed by atoms with Crippen LogP contribution in [-0.4, -0.2) is 37.2 Å². The summed E-state index contributed by atoms with van der Waals surface area (Å²) in [6, 6.07) is 12.7. The van der Waals surface area contributed by atoms with Crippen LogP contribution in [0.2, 0.25) is 5.02 Å². The Morgan fingerprint density at radius 1 is 1.06 bits per heavy atom. The van der Waals surface area contributed by atoms with Crippen molar-refractivity contribution in [2.75, 3.05) is 20.3 Å². The van der Waals surface area contributed by atoms with Gasteiger partial charge in [0, 0.05) is 35.7 Å². The zero-order valence-corrected chi connectivity index (χ0v) is 21.1. The molecule has 0 aromatic heterocycles. The van der Waals surface area contributed by atoms with Gasteiger partial charge in [-0.05, 0) is 44.0 Å². The van der Waals surface area contributed by atoms with E-state index >= 15 is 0 Å². The van der Waals surface area contributed by atoms with Gasteiger partial charge in [-0.3, -0.25) is 10.1 Å². The van der Waals surface area contributed by atoms with E-state index in [4.69, 9.17) is 25.8 Å². The Kier molecular flexibility index (Phi) is 8.84. The first kappa shape index (κ1) is 26.9. The number of nitro benzene ring substituents is 1. The van der Waals surface area contributed by atoms with Crippen LogP contribution in [0.4, 0.5) is 5.69 Å². The number of carbonyl (C=O) groups excluding carboxylic acids is 2. The van der Waals surface area contributed by atoms with Crippen molar-refractivity contribution in [1.29, 1.82) is 0 Å². The fourth-order valence-corrected chi connectivity index (χ4v) is 4.13. The van der Waals surface area contributed by atoms with Crippen LogP contribution in [0.1, 0.15) is 43.9 Å². The Bertz CT molecular complexity index is 1220. The molecular formula is C26H27ClN2O7. The predicted molar refractivity (Wildman–Crippen MR) is 133 cm³/mol. The van der Waals surface area contributed by atoms with Crippen molar-refractivity contribution in [2.45, 2.75) is 32.8 Å². The number of dihydropyridines is 1. The van der Waals surface area contributed by atoms with Gasteiger partial charge in [0.2, 0.25) is 0 Å². The summed E-state index contributed by atoms with van der Waals surface area (Å²) in [6.07, 6.45) is -0.620. The topological polar surface area (TPSA) is 117 Å². The summed E-state index contributed by atoms with van der Waals surface area (Å²) in [5.74, 6) is -2.29. The lowest BCUT2D eigenvalue weighted by Crippen LogP contribution is -2.33. The number of ether oxygens (including phenoxy) is 3. The molecule has 1 N–H and O–H groups in total. The minimum Gasteiger partial charge on any atom is -0.460 e. The highest BCUT2D eigenvalue weighted by molar-refractivity contribution is 6.30. The largest absolute Gasteiger partial charge is 0.460 e. The van der Waals surface area contributed by atoms with E-state index in [1.54, 1.807) is 51.1 Å². The zero-order valence-electron chi connectivity index (χ0n) is 20.4. The van der Waals surface area contributed by atoms with E-state index < -0.39 is 28.9 Å². The average molecular weight is 515 g/mol. The molecule has 0 saturated heterocycles. The van der Waals surface area contributed by atoms with Crippen molar-refractivity contribution >= 4 is 29.2 Å². The van der Waals surface area contributed by atoms with Gasteiger partial charge >= 0.3 is 11.9 Å². The van der Waals surface area contributed by atoms with E-state index in [1.165, 1.54) is 25.3 Å². The van der Waals surface area contributed by atoms with Crippen LogP contribution in [0.25, 0.3) is 0 Å². The molecule has 2 atom stereocenters. The van der Waals surface area contributed by atoms with E-state index in [0.717, 1.165) is 5.56 Å². The minimum atomic E-state index is -0.953. The number of carbonyl (C=O) groups is 2. The summed E-state index contributed by atoms with van der Waals surface area (Å²) in [7, 11) is 1.48. The van der Waals surface area contributed by atoms with Crippen molar-refractivity contribution in [3.63, 3.8) is 0 Å². The first-order valence-electron chi connectivity index (χ1n) is 11.2. The summed E-state index contributed by atoms with van der Waals surface area (Å²) in [6.45, 7) is 5.28. The van der Waals surface area contributed by atoms with Gasteiger partial charge in [0.15, 0.2) is 0 Å². The lowest BCUT2D eigenvalue weighted by atomic mass is 9.80. The number of nitrogens with zero attached hydrogens (tertiary/aromatic N) is 1. The van der Waals surface area contributed by atoms with E-state index in [9.17, 15) is 19.7 Å². The van der Waals surface area contributed by atoms with Gasteiger partial charge in [0.1, 0.15) is 12.7 Å². The molecule has 3 rings (SSSR count). The van der Waals surface area contributed by atoms with Gasteiger partial charge < -0.3 is 19.5 Å². The normalized spacial score (nSPS) is 16.3. The second-order valence-corrected chi connectivity index (χ2v) is 8.65. The summed E-state index contributed by atoms with van der Waals surface area (Å²) in [4.78, 5) is 37.6. The number of methoxy groups -OCH3 is 1. The van der Waals surface area contributed by atoms with Crippen molar-refractivity contribution in [3.8, 4) is 0 Å². The molecule has 0 bridgehead atoms. The summed E-state index contributed by atoms with van der Waals surface area (Å²) in [5, 5.41) is 15.1. The molecule has 1 heterocycles. The number of esters is 2. The standard InChI is InChI=1S/C26H27ClN2O7/c1-15-22(25(30)35-13-12-34-4)24(19-6-5-7-21(14-19)29(32)33)23(16(2)28-15)26(31)36-17(3)18-8-10-20(27)11-9-18/h5-11,14,17,24,28H,12-13H2,1-4H3. The van der Waals surface area contributed by atoms with E-state index in [0.29, 0.717) is 22.0 Å². The SMILES string of the molecule is COCCOC(=O)C1=C(C)NC(C)=C(C(=O)OC(C)c2ccc(Cl)cc2)C1c1cccc([N+](=O)[O-])c1. The minimum absolute atomic E-state index is 0.00382. The first-order valence-corrected chi connectivity index (χ1v) is 11.6. The molecule has 0 amide bonds. The number of nitrogens with one attached hydrogen (secondary N) is 1. The number of rotatable bonds is 9. The molecule has 2 unspecified atom stereocenters. The Labute approximate surface area is 213 Å². The third-order valence-corrected chi connectivity index (χ3v) is 6.01. The fraction of sp³-hybridized carbons (Fsp3) is 0.308. The van der Waals surface area contributed by atoms with E-state index in [-0.39, 0.29) is 30.0 Å². The number of allylic oxidation sites excluding steroid dienone is 2. The lowest BCUT2D eigenvalue weighted by Gasteiger charge is -2.31. The lowest BCUT2D eigenvalue weighted by molar-refractivity contribution is -0.384. The first-order chi connectivity index (χ1) is 17.1. The molecule has 10 heteroatoms. The number of halogens is 1. The molecule has 1 aliphatic rings. The maximum atomic E-state index is 13.5. The molecule has 190 valence electrons. The predicted octanol–water partition coefficient (Wildman–Crippen LogP) is 4.98. The van der Waals surface area contributed by atoms with Gasteiger partial charge in [-0.15, -0.1) is 0 Å². The van der Waals surface area contributed by atoms with Gasteiger partial charge in [-0.25, -0.2) is 9.59 Å². The summed E-state index contributed by atoms with van der Waals surface area (Å²) >= 11 is 5.96. The molecule has 0 spiro atoms. The van der Waals surface area contributed by atoms with Crippen LogP contribution < -0.4 is 5.32 Å². The van der Waals surface area contributed by atoms with E-state index in [2.05, 4.69) is 5.32 Å². The second-order valence-electron chi connectivity index (χ2n) is 8.22. The average Bonchev–Trinajstić information content (AvgIpc) is 2.83. The molecule has 0 saturated carbocycles. The highest BCUT2D eigenvalue weighted by Gasteiger charge is 2.39. The Balaban J connectivity index is 2.04. The third-order valence-electron chi connectivity index (χ3n) is 5.76. The molecule has 0 aliphatic carbocycles. The Hall–Kier alpha value is -3.69. The van der Waals surface area contributed by atoms with Crippen LogP contribution in [0.15, 0.2) is 71.1 Å². The van der Waals surface area contributed by atoms with Crippen molar-refractivity contribution in [3.05, 3.63) is 97.3 Å². The van der Waals surface area contributed by atoms with Crippen LogP contribution in [0.3, 0.4) is 0 Å². The highest BCUT2D eigenvalue weighted by Crippen LogP contribution is 2.40. The molecule has 0 radical (unpaired) electrons. The number of hydrogen-bond acceptors (Lipinski definition) is 8. The molecule has 36 heavy (non-hydrogen) atoms. The number of hydrogen-bond donors (Lipinski definition) is 1. The van der Waals surface area contributed by atoms with Crippen LogP contribution in [-0.2, 0) is 23.8 Å². The van der Waals surface area contributed by atoms with Crippen molar-refractivity contribution in [1.82, 2.24) is 5.32 Å². The quantitative estimate of drug-likeness (QED) is 0.215. The van der Waals surface area contributed by atoms with Crippen molar-refractivity contribution < 1.29 is 28.7 Å². The summed E-state index contributed by atoms with van der Waals surface area (Å²) in [5.41, 5.74) is 2.18. The maximum Gasteiger partial charge on any atom is 0.337 e. The van der Waals surface area contributed by atoms with Crippen LogP contribution in [0.5, 0.6) is 0 Å². The molecule has 1 aliphatic heterocycles. The zero-order chi connectivity index (χ0) is 26.4. The number of nitro groups is 1. The molecule has 2 aromatic rings.